The normalized spacial score (nSPS) is 19.6. The van der Waals surface area contributed by atoms with E-state index in [0.717, 1.165) is 18.5 Å². The molecule has 1 aromatic carbocycles. The third kappa shape index (κ3) is 2.65. The Morgan fingerprint density at radius 3 is 2.70 bits per heavy atom. The van der Waals surface area contributed by atoms with Crippen LogP contribution in [0.1, 0.15) is 12.0 Å². The van der Waals surface area contributed by atoms with Crippen LogP contribution in [0.15, 0.2) is 47.8 Å². The van der Waals surface area contributed by atoms with Crippen LogP contribution in [0.5, 0.6) is 0 Å². The van der Waals surface area contributed by atoms with E-state index in [4.69, 9.17) is 0 Å². The van der Waals surface area contributed by atoms with Gasteiger partial charge in [-0.15, -0.1) is 0 Å². The first kappa shape index (κ1) is 12.7. The van der Waals surface area contributed by atoms with E-state index in [1.807, 2.05) is 14.1 Å². The molecule has 20 heavy (non-hydrogen) atoms. The predicted molar refractivity (Wildman–Crippen MR) is 83.4 cm³/mol. The van der Waals surface area contributed by atoms with Crippen LogP contribution in [0.25, 0.3) is 0 Å². The molecule has 1 fully saturated rings. The van der Waals surface area contributed by atoms with E-state index in [1.165, 1.54) is 17.0 Å². The van der Waals surface area contributed by atoms with Crippen LogP contribution < -0.4 is 15.5 Å². The van der Waals surface area contributed by atoms with Crippen LogP contribution in [-0.2, 0) is 0 Å². The summed E-state index contributed by atoms with van der Waals surface area (Å²) in [6.07, 6.45) is 5.25. The van der Waals surface area contributed by atoms with Gasteiger partial charge in [0, 0.05) is 50.2 Å². The SMILES string of the molecule is CN(C)c1ccc(C#CC2CC3=CNCC=C3N2)cc1. The van der Waals surface area contributed by atoms with Crippen LogP contribution in [-0.4, -0.2) is 26.7 Å². The minimum Gasteiger partial charge on any atom is -0.387 e. The summed E-state index contributed by atoms with van der Waals surface area (Å²) in [7, 11) is 4.08. The number of benzene rings is 1. The molecule has 1 aromatic rings. The molecule has 1 atom stereocenters. The van der Waals surface area contributed by atoms with Gasteiger partial charge in [-0.05, 0) is 35.9 Å². The van der Waals surface area contributed by atoms with Crippen LogP contribution in [0.3, 0.4) is 0 Å². The summed E-state index contributed by atoms with van der Waals surface area (Å²) < 4.78 is 0. The van der Waals surface area contributed by atoms with Gasteiger partial charge in [-0.3, -0.25) is 0 Å². The Morgan fingerprint density at radius 1 is 1.20 bits per heavy atom. The van der Waals surface area contributed by atoms with E-state index in [9.17, 15) is 0 Å². The Morgan fingerprint density at radius 2 is 2.00 bits per heavy atom. The zero-order valence-corrected chi connectivity index (χ0v) is 11.9. The van der Waals surface area contributed by atoms with Gasteiger partial charge in [0.25, 0.3) is 0 Å². The average Bonchev–Trinajstić information content (AvgIpc) is 2.88. The van der Waals surface area contributed by atoms with Crippen LogP contribution in [0.4, 0.5) is 5.69 Å². The fourth-order valence-corrected chi connectivity index (χ4v) is 2.43. The van der Waals surface area contributed by atoms with E-state index >= 15 is 0 Å². The number of dihydropyridines is 1. The van der Waals surface area contributed by atoms with Gasteiger partial charge in [0.15, 0.2) is 0 Å². The van der Waals surface area contributed by atoms with Gasteiger partial charge in [-0.25, -0.2) is 0 Å². The first-order valence-corrected chi connectivity index (χ1v) is 6.91. The summed E-state index contributed by atoms with van der Waals surface area (Å²) in [6.45, 7) is 0.901. The Kier molecular flexibility index (Phi) is 3.39. The maximum atomic E-state index is 3.46. The molecule has 2 aliphatic rings. The zero-order chi connectivity index (χ0) is 13.9. The van der Waals surface area contributed by atoms with E-state index in [-0.39, 0.29) is 6.04 Å². The molecule has 3 heteroatoms. The summed E-state index contributed by atoms with van der Waals surface area (Å²) >= 11 is 0. The molecule has 3 nitrogen and oxygen atoms in total. The van der Waals surface area contributed by atoms with Crippen molar-refractivity contribution in [3.8, 4) is 11.8 Å². The molecular weight excluding hydrogens is 246 g/mol. The number of rotatable bonds is 1. The van der Waals surface area contributed by atoms with Crippen LogP contribution in [0.2, 0.25) is 0 Å². The van der Waals surface area contributed by atoms with Crippen molar-refractivity contribution in [3.63, 3.8) is 0 Å². The molecule has 2 heterocycles. The average molecular weight is 265 g/mol. The molecule has 0 radical (unpaired) electrons. The molecular formula is C17H19N3. The van der Waals surface area contributed by atoms with Crippen molar-refractivity contribution in [1.29, 1.82) is 0 Å². The number of nitrogens with zero attached hydrogens (tertiary/aromatic N) is 1. The third-order valence-corrected chi connectivity index (χ3v) is 3.57. The number of hydrogen-bond acceptors (Lipinski definition) is 3. The van der Waals surface area contributed by atoms with Crippen molar-refractivity contribution in [2.45, 2.75) is 12.5 Å². The second kappa shape index (κ2) is 5.34. The molecule has 1 unspecified atom stereocenters. The molecule has 0 bridgehead atoms. The zero-order valence-electron chi connectivity index (χ0n) is 11.9. The van der Waals surface area contributed by atoms with Gasteiger partial charge in [0.2, 0.25) is 0 Å². The lowest BCUT2D eigenvalue weighted by atomic mass is 10.1. The Bertz CT molecular complexity index is 590. The summed E-state index contributed by atoms with van der Waals surface area (Å²) in [6, 6.07) is 8.57. The number of hydrogen-bond donors (Lipinski definition) is 2. The minimum atomic E-state index is 0.223. The van der Waals surface area contributed by atoms with Gasteiger partial charge in [0.1, 0.15) is 0 Å². The Hall–Kier alpha value is -2.34. The highest BCUT2D eigenvalue weighted by Gasteiger charge is 2.22. The quantitative estimate of drug-likeness (QED) is 0.759. The fraction of sp³-hybridized carbons (Fsp3) is 0.294. The standard InChI is InChI=1S/C17H19N3/c1-20(2)16-7-4-13(5-8-16)3-6-15-11-14-12-18-10-9-17(14)19-15/h4-5,7-9,12,15,18-19H,10-11H2,1-2H3. The first-order valence-electron chi connectivity index (χ1n) is 6.91. The fourth-order valence-electron chi connectivity index (χ4n) is 2.43. The molecule has 0 saturated carbocycles. The number of anilines is 1. The van der Waals surface area contributed by atoms with E-state index < -0.39 is 0 Å². The van der Waals surface area contributed by atoms with Crippen molar-refractivity contribution in [1.82, 2.24) is 10.6 Å². The van der Waals surface area contributed by atoms with Crippen molar-refractivity contribution in [2.75, 3.05) is 25.5 Å². The number of fused-ring (bicyclic) bond motifs is 1. The molecule has 0 aromatic heterocycles. The van der Waals surface area contributed by atoms with Crippen LogP contribution >= 0.6 is 0 Å². The molecule has 2 N–H and O–H groups in total. The van der Waals surface area contributed by atoms with Crippen molar-refractivity contribution < 1.29 is 0 Å². The largest absolute Gasteiger partial charge is 0.387 e. The molecule has 0 spiro atoms. The first-order chi connectivity index (χ1) is 9.72. The highest BCUT2D eigenvalue weighted by atomic mass is 15.1. The lowest BCUT2D eigenvalue weighted by Crippen LogP contribution is -2.19. The monoisotopic (exact) mass is 265 g/mol. The van der Waals surface area contributed by atoms with E-state index in [1.54, 1.807) is 0 Å². The topological polar surface area (TPSA) is 27.3 Å². The highest BCUT2D eigenvalue weighted by Crippen LogP contribution is 2.23. The second-order valence-corrected chi connectivity index (χ2v) is 5.31. The van der Waals surface area contributed by atoms with Gasteiger partial charge in [-0.1, -0.05) is 11.8 Å². The second-order valence-electron chi connectivity index (χ2n) is 5.31. The molecule has 2 aliphatic heterocycles. The predicted octanol–water partition coefficient (Wildman–Crippen LogP) is 1.84. The van der Waals surface area contributed by atoms with Crippen LogP contribution in [0, 0.1) is 11.8 Å². The molecule has 0 amide bonds. The van der Waals surface area contributed by atoms with Crippen molar-refractivity contribution in [3.05, 3.63) is 53.4 Å². The minimum absolute atomic E-state index is 0.223. The summed E-state index contributed by atoms with van der Waals surface area (Å²) in [5.41, 5.74) is 4.83. The van der Waals surface area contributed by atoms with E-state index in [2.05, 4.69) is 63.9 Å². The third-order valence-electron chi connectivity index (χ3n) is 3.57. The molecule has 0 aliphatic carbocycles. The van der Waals surface area contributed by atoms with Gasteiger partial charge in [-0.2, -0.15) is 0 Å². The lowest BCUT2D eigenvalue weighted by molar-refractivity contribution is 0.783. The van der Waals surface area contributed by atoms with Gasteiger partial charge in [0.05, 0.1) is 6.04 Å². The summed E-state index contributed by atoms with van der Waals surface area (Å²) in [5.74, 6) is 6.58. The number of allylic oxidation sites excluding steroid dienone is 1. The van der Waals surface area contributed by atoms with Crippen molar-refractivity contribution >= 4 is 5.69 Å². The Balaban J connectivity index is 1.70. The summed E-state index contributed by atoms with van der Waals surface area (Å²) in [4.78, 5) is 2.09. The van der Waals surface area contributed by atoms with E-state index in [0.29, 0.717) is 0 Å². The maximum Gasteiger partial charge on any atom is 0.0922 e. The summed E-state index contributed by atoms with van der Waals surface area (Å²) in [5, 5.41) is 6.70. The maximum absolute atomic E-state index is 3.46. The van der Waals surface area contributed by atoms with Gasteiger partial charge < -0.3 is 15.5 Å². The smallest absolute Gasteiger partial charge is 0.0922 e. The lowest BCUT2D eigenvalue weighted by Gasteiger charge is -2.11. The van der Waals surface area contributed by atoms with Gasteiger partial charge >= 0.3 is 0 Å². The molecule has 102 valence electrons. The molecule has 1 saturated heterocycles. The van der Waals surface area contributed by atoms with Crippen molar-refractivity contribution in [2.24, 2.45) is 0 Å². The highest BCUT2D eigenvalue weighted by molar-refractivity contribution is 5.50. The molecule has 3 rings (SSSR count). The Labute approximate surface area is 120 Å². The number of nitrogens with one attached hydrogen (secondary N) is 2.